The third-order valence-corrected chi connectivity index (χ3v) is 8.99. The fraction of sp³-hybridized carbons (Fsp3) is 0.676. The number of amides is 3. The number of likely N-dealkylation sites (tertiary alicyclic amines) is 1. The number of carbonyl (C=O) groups is 3. The molecule has 2 saturated heterocycles. The summed E-state index contributed by atoms with van der Waals surface area (Å²) in [5.74, 6) is -0.890. The predicted octanol–water partition coefficient (Wildman–Crippen LogP) is 4.29. The van der Waals surface area contributed by atoms with Crippen LogP contribution in [0.4, 0.5) is 4.79 Å². The van der Waals surface area contributed by atoms with Crippen molar-refractivity contribution in [2.24, 2.45) is 17.3 Å². The van der Waals surface area contributed by atoms with Crippen molar-refractivity contribution in [2.75, 3.05) is 53.1 Å². The number of hydrogen-bond acceptors (Lipinski definition) is 7. The van der Waals surface area contributed by atoms with Crippen molar-refractivity contribution in [3.63, 3.8) is 0 Å². The highest BCUT2D eigenvalue weighted by Crippen LogP contribution is 2.38. The molecule has 1 unspecified atom stereocenters. The van der Waals surface area contributed by atoms with Gasteiger partial charge in [-0.2, -0.15) is 0 Å². The van der Waals surface area contributed by atoms with Crippen LogP contribution in [0.1, 0.15) is 75.6 Å². The van der Waals surface area contributed by atoms with E-state index in [4.69, 9.17) is 9.47 Å². The Labute approximate surface area is 273 Å². The topological polar surface area (TPSA) is 130 Å². The molecule has 4 rings (SSSR count). The number of benzene rings is 1. The first-order chi connectivity index (χ1) is 21.8. The summed E-state index contributed by atoms with van der Waals surface area (Å²) in [7, 11) is 1.67. The average Bonchev–Trinajstić information content (AvgIpc) is 3.44. The Morgan fingerprint density at radius 3 is 2.43 bits per heavy atom. The first-order valence-corrected chi connectivity index (χ1v) is 16.5. The number of nitrogens with zero attached hydrogens (tertiary/aromatic N) is 6. The standard InChI is InChI=1S/C34H52N6O6/c1-23(2)21-38(32(42)29-27(14-10-11-17-45-7)40(36-35-29)26-13-9-8-12-24(26)3)28-20-25(31(41)37-15-18-46-19-16-37)22-39(33(43)44)30(28)34(4,5)6/h8-9,12-13,23,25,28,30H,10-11,14-22H2,1-7H3,(H,43,44)/t25-,28+,30?/m1/s1. The first kappa shape index (κ1) is 35.3. The molecule has 2 fully saturated rings. The molecule has 2 aliphatic rings. The van der Waals surface area contributed by atoms with Gasteiger partial charge in [-0.25, -0.2) is 9.48 Å². The molecule has 0 saturated carbocycles. The maximum atomic E-state index is 14.9. The summed E-state index contributed by atoms with van der Waals surface area (Å²) < 4.78 is 12.5. The Bertz CT molecular complexity index is 1350. The number of carboxylic acid groups (broad SMARTS) is 1. The van der Waals surface area contributed by atoms with E-state index in [1.165, 1.54) is 4.90 Å². The van der Waals surface area contributed by atoms with Gasteiger partial charge in [0, 0.05) is 39.9 Å². The highest BCUT2D eigenvalue weighted by atomic mass is 16.5. The molecule has 1 aromatic heterocycles. The molecular formula is C34H52N6O6. The first-order valence-electron chi connectivity index (χ1n) is 16.5. The number of hydrogen-bond donors (Lipinski definition) is 1. The monoisotopic (exact) mass is 640 g/mol. The van der Waals surface area contributed by atoms with E-state index in [1.54, 1.807) is 21.6 Å². The fourth-order valence-corrected chi connectivity index (χ4v) is 6.94. The Morgan fingerprint density at radius 1 is 1.13 bits per heavy atom. The van der Waals surface area contributed by atoms with Gasteiger partial charge in [0.15, 0.2) is 5.69 Å². The zero-order valence-corrected chi connectivity index (χ0v) is 28.6. The normalized spacial score (nSPS) is 20.7. The Hall–Kier alpha value is -3.51. The summed E-state index contributed by atoms with van der Waals surface area (Å²) in [5.41, 5.74) is 2.31. The molecular weight excluding hydrogens is 588 g/mol. The van der Waals surface area contributed by atoms with Crippen LogP contribution in [0.2, 0.25) is 0 Å². The number of rotatable bonds is 11. The smallest absolute Gasteiger partial charge is 0.407 e. The second-order valence-electron chi connectivity index (χ2n) is 14.1. The van der Waals surface area contributed by atoms with E-state index >= 15 is 0 Å². The van der Waals surface area contributed by atoms with E-state index in [-0.39, 0.29) is 30.0 Å². The highest BCUT2D eigenvalue weighted by Gasteiger charge is 2.50. The SMILES string of the molecule is COCCCCc1c(C(=O)N(CC(C)C)[C@H]2C[C@@H](C(=O)N3CCOCC3)CN(C(=O)O)C2C(C)(C)C)nnn1-c1ccccc1C. The van der Waals surface area contributed by atoms with E-state index in [0.717, 1.165) is 24.1 Å². The van der Waals surface area contributed by atoms with Crippen LogP contribution in [0.25, 0.3) is 5.69 Å². The Morgan fingerprint density at radius 2 is 1.83 bits per heavy atom. The number of methoxy groups -OCH3 is 1. The van der Waals surface area contributed by atoms with Gasteiger partial charge < -0.3 is 29.3 Å². The lowest BCUT2D eigenvalue weighted by molar-refractivity contribution is -0.144. The lowest BCUT2D eigenvalue weighted by Gasteiger charge is -2.52. The molecule has 12 heteroatoms. The van der Waals surface area contributed by atoms with Gasteiger partial charge in [-0.15, -0.1) is 5.10 Å². The molecule has 46 heavy (non-hydrogen) atoms. The van der Waals surface area contributed by atoms with Gasteiger partial charge in [-0.1, -0.05) is 58.0 Å². The summed E-state index contributed by atoms with van der Waals surface area (Å²) in [6.07, 6.45) is 1.41. The molecule has 1 N–H and O–H groups in total. The number of aromatic nitrogens is 3. The number of unbranched alkanes of at least 4 members (excludes halogenated alkanes) is 1. The number of morpholine rings is 1. The summed E-state index contributed by atoms with van der Waals surface area (Å²) in [5, 5.41) is 19.5. The maximum Gasteiger partial charge on any atom is 0.407 e. The quantitative estimate of drug-likeness (QED) is 0.360. The molecule has 3 amide bonds. The molecule has 0 radical (unpaired) electrons. The molecule has 1 aromatic carbocycles. The highest BCUT2D eigenvalue weighted by molar-refractivity contribution is 5.94. The van der Waals surface area contributed by atoms with Crippen LogP contribution >= 0.6 is 0 Å². The zero-order chi connectivity index (χ0) is 33.6. The minimum absolute atomic E-state index is 0.0785. The van der Waals surface area contributed by atoms with Gasteiger partial charge in [0.2, 0.25) is 5.91 Å². The number of para-hydroxylation sites is 1. The van der Waals surface area contributed by atoms with E-state index < -0.39 is 29.5 Å². The van der Waals surface area contributed by atoms with Gasteiger partial charge in [-0.3, -0.25) is 9.59 Å². The van der Waals surface area contributed by atoms with Crippen molar-refractivity contribution >= 4 is 17.9 Å². The van der Waals surface area contributed by atoms with Crippen molar-refractivity contribution in [3.05, 3.63) is 41.2 Å². The van der Waals surface area contributed by atoms with E-state index in [2.05, 4.69) is 10.3 Å². The van der Waals surface area contributed by atoms with E-state index in [9.17, 15) is 19.5 Å². The average molecular weight is 641 g/mol. The van der Waals surface area contributed by atoms with E-state index in [0.29, 0.717) is 58.0 Å². The van der Waals surface area contributed by atoms with Crippen LogP contribution in [0.15, 0.2) is 24.3 Å². The summed E-state index contributed by atoms with van der Waals surface area (Å²) in [6, 6.07) is 6.76. The van der Waals surface area contributed by atoms with Gasteiger partial charge in [0.1, 0.15) is 0 Å². The molecule has 0 spiro atoms. The van der Waals surface area contributed by atoms with Crippen molar-refractivity contribution in [1.29, 1.82) is 0 Å². The van der Waals surface area contributed by atoms with Gasteiger partial charge in [0.05, 0.1) is 42.6 Å². The summed E-state index contributed by atoms with van der Waals surface area (Å²) >= 11 is 0. The second kappa shape index (κ2) is 15.4. The van der Waals surface area contributed by atoms with E-state index in [1.807, 2.05) is 65.8 Å². The van der Waals surface area contributed by atoms with Crippen LogP contribution in [-0.4, -0.2) is 118 Å². The van der Waals surface area contributed by atoms with Crippen molar-refractivity contribution in [2.45, 2.75) is 79.3 Å². The van der Waals surface area contributed by atoms with Crippen molar-refractivity contribution in [3.8, 4) is 5.69 Å². The largest absolute Gasteiger partial charge is 0.465 e. The van der Waals surface area contributed by atoms with Crippen LogP contribution < -0.4 is 0 Å². The minimum atomic E-state index is -1.09. The molecule has 2 aliphatic heterocycles. The van der Waals surface area contributed by atoms with Gasteiger partial charge in [0.25, 0.3) is 5.91 Å². The lowest BCUT2D eigenvalue weighted by Crippen LogP contribution is -2.66. The number of aryl methyl sites for hydroxylation is 1. The minimum Gasteiger partial charge on any atom is -0.465 e. The van der Waals surface area contributed by atoms with Gasteiger partial charge in [-0.05, 0) is 55.6 Å². The van der Waals surface area contributed by atoms with Crippen LogP contribution in [0, 0.1) is 24.2 Å². The third kappa shape index (κ3) is 8.06. The molecule has 12 nitrogen and oxygen atoms in total. The molecule has 0 aliphatic carbocycles. The molecule has 3 heterocycles. The number of ether oxygens (including phenoxy) is 2. The molecule has 0 bridgehead atoms. The molecule has 3 atom stereocenters. The number of carbonyl (C=O) groups excluding carboxylic acids is 2. The van der Waals surface area contributed by atoms with Crippen LogP contribution in [-0.2, 0) is 20.7 Å². The fourth-order valence-electron chi connectivity index (χ4n) is 6.94. The molecule has 254 valence electrons. The third-order valence-electron chi connectivity index (χ3n) is 8.99. The Kier molecular flexibility index (Phi) is 11.8. The van der Waals surface area contributed by atoms with Crippen molar-refractivity contribution < 1.29 is 29.0 Å². The van der Waals surface area contributed by atoms with Crippen molar-refractivity contribution in [1.82, 2.24) is 29.7 Å². The van der Waals surface area contributed by atoms with Crippen LogP contribution in [0.3, 0.4) is 0 Å². The van der Waals surface area contributed by atoms with Crippen LogP contribution in [0.5, 0.6) is 0 Å². The zero-order valence-electron chi connectivity index (χ0n) is 28.6. The summed E-state index contributed by atoms with van der Waals surface area (Å²) in [4.78, 5) is 46.5. The molecule has 2 aromatic rings. The maximum absolute atomic E-state index is 14.9. The Balaban J connectivity index is 1.80. The summed E-state index contributed by atoms with van der Waals surface area (Å²) in [6.45, 7) is 15.0. The number of piperidine rings is 1. The predicted molar refractivity (Wildman–Crippen MR) is 174 cm³/mol. The second-order valence-corrected chi connectivity index (χ2v) is 14.1. The lowest BCUT2D eigenvalue weighted by atomic mass is 9.74. The van der Waals surface area contributed by atoms with Gasteiger partial charge >= 0.3 is 6.09 Å².